The first-order valence-corrected chi connectivity index (χ1v) is 13.2. The molecule has 2 aromatic heterocycles. The molecule has 0 bridgehead atoms. The molecule has 8 nitrogen and oxygen atoms in total. The summed E-state index contributed by atoms with van der Waals surface area (Å²) in [7, 11) is -1.18. The summed E-state index contributed by atoms with van der Waals surface area (Å²) in [5.41, 5.74) is 2.80. The van der Waals surface area contributed by atoms with Gasteiger partial charge in [-0.1, -0.05) is 6.07 Å². The predicted molar refractivity (Wildman–Crippen MR) is 132 cm³/mol. The number of hydrogen-bond donors (Lipinski definition) is 2. The number of carbonyl (C=O) groups is 1. The molecule has 0 spiro atoms. The maximum absolute atomic E-state index is 14.0. The highest BCUT2D eigenvalue weighted by Crippen LogP contribution is 2.34. The van der Waals surface area contributed by atoms with Gasteiger partial charge >= 0.3 is 0 Å². The van der Waals surface area contributed by atoms with Crippen molar-refractivity contribution >= 4 is 27.1 Å². The number of hydrogen-bond acceptors (Lipinski definition) is 6. The third-order valence-electron chi connectivity index (χ3n) is 6.12. The molecule has 1 aliphatic rings. The van der Waals surface area contributed by atoms with E-state index in [1.165, 1.54) is 12.3 Å². The quantitative estimate of drug-likeness (QED) is 0.526. The first kappa shape index (κ1) is 24.8. The average Bonchev–Trinajstić information content (AvgIpc) is 3.12. The van der Waals surface area contributed by atoms with Crippen LogP contribution in [0.2, 0.25) is 0 Å². The Bertz CT molecular complexity index is 1370. The topological polar surface area (TPSA) is 104 Å². The molecule has 1 atom stereocenters. The molecule has 0 radical (unpaired) electrons. The fourth-order valence-corrected chi connectivity index (χ4v) is 4.93. The Morgan fingerprint density at radius 3 is 2.69 bits per heavy atom. The third-order valence-corrected chi connectivity index (χ3v) is 7.27. The van der Waals surface area contributed by atoms with Gasteiger partial charge in [-0.3, -0.25) is 9.48 Å². The van der Waals surface area contributed by atoms with Crippen LogP contribution >= 0.6 is 0 Å². The van der Waals surface area contributed by atoms with Gasteiger partial charge in [0.25, 0.3) is 5.91 Å². The van der Waals surface area contributed by atoms with Crippen LogP contribution in [-0.2, 0) is 16.8 Å². The highest BCUT2D eigenvalue weighted by atomic mass is 32.2. The maximum atomic E-state index is 14.0. The van der Waals surface area contributed by atoms with Crippen LogP contribution < -0.4 is 10.2 Å². The normalized spacial score (nSPS) is 17.5. The number of nitrogens with one attached hydrogen (secondary N) is 2. The molecule has 1 aliphatic heterocycles. The molecule has 0 aliphatic carbocycles. The van der Waals surface area contributed by atoms with Crippen LogP contribution in [-0.4, -0.2) is 50.1 Å². The van der Waals surface area contributed by atoms with Crippen molar-refractivity contribution in [2.75, 3.05) is 29.6 Å². The van der Waals surface area contributed by atoms with Crippen LogP contribution in [0, 0.1) is 11.7 Å². The summed E-state index contributed by atoms with van der Waals surface area (Å²) in [6.45, 7) is 2.24. The highest BCUT2D eigenvalue weighted by Gasteiger charge is 2.33. The second-order valence-electron chi connectivity index (χ2n) is 8.92. The fraction of sp³-hybridized carbons (Fsp3) is 0.375. The van der Waals surface area contributed by atoms with Gasteiger partial charge in [0.2, 0.25) is 5.92 Å². The molecule has 0 saturated carbocycles. The van der Waals surface area contributed by atoms with Gasteiger partial charge in [0, 0.05) is 73.3 Å². The van der Waals surface area contributed by atoms with Crippen molar-refractivity contribution in [3.8, 4) is 11.1 Å². The standard InChI is InChI=1S/C24H28F2N6O2S/c1-16-20(17-13-29-31(2)15-17)14-28-22(32-10-5-8-24(25,26)9-11-32)21(16)23(33)30-18-6-4-7-19(12-18)35(3,27)34/h4,6-7,12-15,27H,5,8-11H2,1-3H3,(H,30,33)/t35-/m1/s1. The van der Waals surface area contributed by atoms with E-state index in [9.17, 15) is 17.8 Å². The van der Waals surface area contributed by atoms with Crippen molar-refractivity contribution < 1.29 is 17.8 Å². The Hall–Kier alpha value is -3.34. The smallest absolute Gasteiger partial charge is 0.259 e. The van der Waals surface area contributed by atoms with Crippen LogP contribution in [0.4, 0.5) is 20.3 Å². The van der Waals surface area contributed by atoms with E-state index in [2.05, 4.69) is 15.4 Å². The molecular formula is C24H28F2N6O2S. The summed E-state index contributed by atoms with van der Waals surface area (Å²) in [5.74, 6) is -2.86. The number of aromatic nitrogens is 3. The van der Waals surface area contributed by atoms with Crippen molar-refractivity contribution in [1.82, 2.24) is 14.8 Å². The van der Waals surface area contributed by atoms with Crippen LogP contribution in [0.15, 0.2) is 47.8 Å². The lowest BCUT2D eigenvalue weighted by molar-refractivity contribution is -0.0102. The molecule has 186 valence electrons. The van der Waals surface area contributed by atoms with Crippen LogP contribution in [0.1, 0.15) is 35.2 Å². The second kappa shape index (κ2) is 9.37. The van der Waals surface area contributed by atoms with Gasteiger partial charge in [-0.15, -0.1) is 0 Å². The van der Waals surface area contributed by atoms with E-state index in [1.807, 2.05) is 6.20 Å². The number of nitrogens with zero attached hydrogens (tertiary/aromatic N) is 4. The molecule has 2 N–H and O–H groups in total. The molecule has 3 aromatic rings. The van der Waals surface area contributed by atoms with Crippen molar-refractivity contribution in [1.29, 1.82) is 4.78 Å². The number of pyridine rings is 1. The number of alkyl halides is 2. The molecule has 1 amide bonds. The summed E-state index contributed by atoms with van der Waals surface area (Å²) < 4.78 is 49.7. The lowest BCUT2D eigenvalue weighted by atomic mass is 9.99. The monoisotopic (exact) mass is 502 g/mol. The first-order valence-electron chi connectivity index (χ1n) is 11.2. The number of rotatable bonds is 5. The van der Waals surface area contributed by atoms with Gasteiger partial charge < -0.3 is 10.2 Å². The Labute approximate surface area is 203 Å². The van der Waals surface area contributed by atoms with Gasteiger partial charge in [-0.25, -0.2) is 22.8 Å². The largest absolute Gasteiger partial charge is 0.356 e. The van der Waals surface area contributed by atoms with Gasteiger partial charge in [0.1, 0.15) is 5.82 Å². The summed E-state index contributed by atoms with van der Waals surface area (Å²) in [5, 5.41) is 7.02. The van der Waals surface area contributed by atoms with Crippen LogP contribution in [0.3, 0.4) is 0 Å². The molecule has 1 fully saturated rings. The molecule has 0 unspecified atom stereocenters. The fourth-order valence-electron chi connectivity index (χ4n) is 4.24. The van der Waals surface area contributed by atoms with Gasteiger partial charge in [0.15, 0.2) is 0 Å². The van der Waals surface area contributed by atoms with Crippen LogP contribution in [0.5, 0.6) is 0 Å². The van der Waals surface area contributed by atoms with E-state index < -0.39 is 21.6 Å². The number of amides is 1. The number of aryl methyl sites for hydroxylation is 1. The van der Waals surface area contributed by atoms with Gasteiger partial charge in [0.05, 0.1) is 21.5 Å². The van der Waals surface area contributed by atoms with E-state index >= 15 is 0 Å². The lowest BCUT2D eigenvalue weighted by Gasteiger charge is -2.26. The number of halogens is 2. The van der Waals surface area contributed by atoms with Gasteiger partial charge in [-0.05, 0) is 37.1 Å². The zero-order valence-corrected chi connectivity index (χ0v) is 20.7. The highest BCUT2D eigenvalue weighted by molar-refractivity contribution is 7.91. The molecule has 35 heavy (non-hydrogen) atoms. The maximum Gasteiger partial charge on any atom is 0.259 e. The Morgan fingerprint density at radius 2 is 2.00 bits per heavy atom. The molecule has 1 saturated heterocycles. The summed E-state index contributed by atoms with van der Waals surface area (Å²) in [6, 6.07) is 6.35. The van der Waals surface area contributed by atoms with E-state index in [1.54, 1.807) is 54.1 Å². The summed E-state index contributed by atoms with van der Waals surface area (Å²) in [4.78, 5) is 20.2. The van der Waals surface area contributed by atoms with E-state index in [-0.39, 0.29) is 31.4 Å². The summed E-state index contributed by atoms with van der Waals surface area (Å²) >= 11 is 0. The Kier molecular flexibility index (Phi) is 6.63. The molecular weight excluding hydrogens is 474 g/mol. The molecule has 11 heteroatoms. The zero-order valence-electron chi connectivity index (χ0n) is 19.8. The van der Waals surface area contributed by atoms with Crippen molar-refractivity contribution in [3.05, 3.63) is 54.0 Å². The minimum absolute atomic E-state index is 0.0815. The second-order valence-corrected chi connectivity index (χ2v) is 11.1. The molecule has 1 aromatic carbocycles. The van der Waals surface area contributed by atoms with Gasteiger partial charge in [-0.2, -0.15) is 5.10 Å². The average molecular weight is 503 g/mol. The third kappa shape index (κ3) is 5.50. The minimum atomic E-state index is -2.97. The zero-order chi connectivity index (χ0) is 25.4. The van der Waals surface area contributed by atoms with E-state index in [4.69, 9.17) is 4.78 Å². The minimum Gasteiger partial charge on any atom is -0.356 e. The van der Waals surface area contributed by atoms with E-state index in [0.29, 0.717) is 34.1 Å². The van der Waals surface area contributed by atoms with Crippen molar-refractivity contribution in [3.63, 3.8) is 0 Å². The number of carbonyl (C=O) groups excluding carboxylic acids is 1. The Balaban J connectivity index is 1.77. The predicted octanol–water partition coefficient (Wildman–Crippen LogP) is 4.70. The number of benzene rings is 1. The number of anilines is 2. The summed E-state index contributed by atoms with van der Waals surface area (Å²) in [6.07, 6.45) is 6.22. The Morgan fingerprint density at radius 1 is 1.23 bits per heavy atom. The van der Waals surface area contributed by atoms with E-state index in [0.717, 1.165) is 5.56 Å². The SMILES string of the molecule is Cc1c(-c2cnn(C)c2)cnc(N2CCCC(F)(F)CC2)c1C(=O)Nc1cccc([S@](C)(=N)=O)c1. The molecule has 3 heterocycles. The first-order chi connectivity index (χ1) is 16.4. The van der Waals surface area contributed by atoms with Crippen molar-refractivity contribution in [2.45, 2.75) is 37.0 Å². The lowest BCUT2D eigenvalue weighted by Crippen LogP contribution is -2.30. The van der Waals surface area contributed by atoms with Crippen molar-refractivity contribution in [2.24, 2.45) is 7.05 Å². The van der Waals surface area contributed by atoms with Crippen LogP contribution in [0.25, 0.3) is 11.1 Å². The molecule has 4 rings (SSSR count).